The number of nitrogens with one attached hydrogen (secondary N) is 1. The van der Waals surface area contributed by atoms with Crippen molar-refractivity contribution in [1.82, 2.24) is 5.32 Å². The van der Waals surface area contributed by atoms with Crippen molar-refractivity contribution >= 4 is 44.9 Å². The molecular formula is C16H16BrNO2S2. The molecule has 0 radical (unpaired) electrons. The predicted molar refractivity (Wildman–Crippen MR) is 95.8 cm³/mol. The Hall–Kier alpha value is -0.980. The summed E-state index contributed by atoms with van der Waals surface area (Å²) >= 11 is 7.04. The Morgan fingerprint density at radius 3 is 3.00 bits per heavy atom. The third-order valence-corrected chi connectivity index (χ3v) is 6.17. The summed E-state index contributed by atoms with van der Waals surface area (Å²) in [5, 5.41) is 2.96. The first-order chi connectivity index (χ1) is 10.7. The van der Waals surface area contributed by atoms with E-state index in [2.05, 4.69) is 33.4 Å². The van der Waals surface area contributed by atoms with Gasteiger partial charge in [-0.1, -0.05) is 18.2 Å². The molecule has 0 aliphatic carbocycles. The number of carbonyl (C=O) groups excluding carboxylic acids is 1. The van der Waals surface area contributed by atoms with Crippen LogP contribution in [0, 0.1) is 0 Å². The number of fused-ring (bicyclic) bond motifs is 1. The standard InChI is InChI=1S/C16H16BrNO2S2/c17-15-6-5-12(22-15)10-21-8-7-18-16(19)14-9-11-3-1-2-4-13(11)20-14/h1-6,14H,7-10H2,(H,18,19)/t14-/m1/s1. The Labute approximate surface area is 146 Å². The fourth-order valence-corrected chi connectivity index (χ4v) is 4.74. The second kappa shape index (κ2) is 7.53. The number of hydrogen-bond donors (Lipinski definition) is 1. The molecule has 0 fully saturated rings. The van der Waals surface area contributed by atoms with Crippen LogP contribution in [0.2, 0.25) is 0 Å². The molecule has 0 unspecified atom stereocenters. The highest BCUT2D eigenvalue weighted by molar-refractivity contribution is 9.11. The Kier molecular flexibility index (Phi) is 5.44. The number of thiophene rings is 1. The number of thioether (sulfide) groups is 1. The summed E-state index contributed by atoms with van der Waals surface area (Å²) in [4.78, 5) is 13.4. The van der Waals surface area contributed by atoms with Crippen LogP contribution in [0.3, 0.4) is 0 Å². The Balaban J connectivity index is 1.35. The summed E-state index contributed by atoms with van der Waals surface area (Å²) in [5.74, 6) is 2.70. The Morgan fingerprint density at radius 2 is 2.23 bits per heavy atom. The van der Waals surface area contributed by atoms with E-state index in [9.17, 15) is 4.79 Å². The first kappa shape index (κ1) is 15.9. The zero-order valence-electron chi connectivity index (χ0n) is 11.9. The molecule has 1 N–H and O–H groups in total. The largest absolute Gasteiger partial charge is 0.480 e. The molecule has 1 aliphatic rings. The average molecular weight is 398 g/mol. The molecular weight excluding hydrogens is 382 g/mol. The van der Waals surface area contributed by atoms with Crippen LogP contribution in [0.1, 0.15) is 10.4 Å². The van der Waals surface area contributed by atoms with E-state index in [0.717, 1.165) is 26.6 Å². The number of amides is 1. The number of benzene rings is 1. The summed E-state index contributed by atoms with van der Waals surface area (Å²) < 4.78 is 6.84. The highest BCUT2D eigenvalue weighted by Crippen LogP contribution is 2.28. The SMILES string of the molecule is O=C(NCCSCc1ccc(Br)s1)[C@H]1Cc2ccccc2O1. The summed E-state index contributed by atoms with van der Waals surface area (Å²) in [6, 6.07) is 12.0. The van der Waals surface area contributed by atoms with Crippen LogP contribution in [0.15, 0.2) is 40.2 Å². The second-order valence-electron chi connectivity index (χ2n) is 4.97. The normalized spacial score (nSPS) is 16.1. The Bertz CT molecular complexity index is 634. The number of carbonyl (C=O) groups is 1. The third-order valence-electron chi connectivity index (χ3n) is 3.36. The molecule has 0 spiro atoms. The van der Waals surface area contributed by atoms with E-state index in [4.69, 9.17) is 4.74 Å². The Morgan fingerprint density at radius 1 is 1.36 bits per heavy atom. The van der Waals surface area contributed by atoms with E-state index < -0.39 is 0 Å². The fraction of sp³-hybridized carbons (Fsp3) is 0.312. The van der Waals surface area contributed by atoms with Gasteiger partial charge < -0.3 is 10.1 Å². The number of hydrogen-bond acceptors (Lipinski definition) is 4. The molecule has 2 aromatic rings. The van der Waals surface area contributed by atoms with E-state index in [1.165, 1.54) is 4.88 Å². The molecule has 0 bridgehead atoms. The zero-order valence-corrected chi connectivity index (χ0v) is 15.1. The molecule has 3 nitrogen and oxygen atoms in total. The highest BCUT2D eigenvalue weighted by atomic mass is 79.9. The van der Waals surface area contributed by atoms with Crippen molar-refractivity contribution in [3.05, 3.63) is 50.6 Å². The zero-order chi connectivity index (χ0) is 15.4. The summed E-state index contributed by atoms with van der Waals surface area (Å²) in [6.07, 6.45) is 0.286. The lowest BCUT2D eigenvalue weighted by molar-refractivity contribution is -0.127. The molecule has 2 heterocycles. The van der Waals surface area contributed by atoms with Gasteiger partial charge in [0.2, 0.25) is 0 Å². The highest BCUT2D eigenvalue weighted by Gasteiger charge is 2.28. The molecule has 0 saturated carbocycles. The minimum atomic E-state index is -0.379. The van der Waals surface area contributed by atoms with Gasteiger partial charge >= 0.3 is 0 Å². The van der Waals surface area contributed by atoms with Crippen LogP contribution in [0.25, 0.3) is 0 Å². The van der Waals surface area contributed by atoms with Crippen molar-refractivity contribution in [2.24, 2.45) is 0 Å². The van der Waals surface area contributed by atoms with Crippen LogP contribution < -0.4 is 10.1 Å². The van der Waals surface area contributed by atoms with Gasteiger partial charge in [-0.15, -0.1) is 11.3 Å². The van der Waals surface area contributed by atoms with Gasteiger partial charge in [0.15, 0.2) is 6.10 Å². The smallest absolute Gasteiger partial charge is 0.261 e. The molecule has 3 rings (SSSR count). The maximum atomic E-state index is 12.1. The second-order valence-corrected chi connectivity index (χ2v) is 8.62. The number of rotatable bonds is 6. The first-order valence-corrected chi connectivity index (χ1v) is 9.83. The molecule has 6 heteroatoms. The molecule has 1 aromatic heterocycles. The summed E-state index contributed by atoms with van der Waals surface area (Å²) in [7, 11) is 0. The van der Waals surface area contributed by atoms with E-state index in [0.29, 0.717) is 13.0 Å². The van der Waals surface area contributed by atoms with Gasteiger partial charge in [0.1, 0.15) is 5.75 Å². The van der Waals surface area contributed by atoms with Gasteiger partial charge in [-0.3, -0.25) is 4.79 Å². The van der Waals surface area contributed by atoms with Crippen LogP contribution in [0.5, 0.6) is 5.75 Å². The van der Waals surface area contributed by atoms with Gasteiger partial charge in [-0.25, -0.2) is 0 Å². The van der Waals surface area contributed by atoms with Gasteiger partial charge in [-0.05, 0) is 39.7 Å². The molecule has 0 saturated heterocycles. The number of ether oxygens (including phenoxy) is 1. The minimum Gasteiger partial charge on any atom is -0.480 e. The first-order valence-electron chi connectivity index (χ1n) is 7.06. The van der Waals surface area contributed by atoms with Crippen molar-refractivity contribution in [1.29, 1.82) is 0 Å². The lowest BCUT2D eigenvalue weighted by Gasteiger charge is -2.11. The molecule has 1 atom stereocenters. The molecule has 1 amide bonds. The van der Waals surface area contributed by atoms with E-state index in [1.54, 1.807) is 11.3 Å². The van der Waals surface area contributed by atoms with Crippen molar-refractivity contribution in [3.8, 4) is 5.75 Å². The van der Waals surface area contributed by atoms with Gasteiger partial charge in [0.25, 0.3) is 5.91 Å². The van der Waals surface area contributed by atoms with E-state index >= 15 is 0 Å². The average Bonchev–Trinajstić information content (AvgIpc) is 3.12. The molecule has 116 valence electrons. The number of para-hydroxylation sites is 1. The predicted octanol–water partition coefficient (Wildman–Crippen LogP) is 3.86. The molecule has 22 heavy (non-hydrogen) atoms. The van der Waals surface area contributed by atoms with Gasteiger partial charge in [-0.2, -0.15) is 11.8 Å². The van der Waals surface area contributed by atoms with Crippen LogP contribution in [0.4, 0.5) is 0 Å². The monoisotopic (exact) mass is 397 g/mol. The minimum absolute atomic E-state index is 0.0179. The van der Waals surface area contributed by atoms with Crippen molar-refractivity contribution in [2.45, 2.75) is 18.3 Å². The topological polar surface area (TPSA) is 38.3 Å². The van der Waals surface area contributed by atoms with Crippen molar-refractivity contribution in [3.63, 3.8) is 0 Å². The lowest BCUT2D eigenvalue weighted by atomic mass is 10.1. The summed E-state index contributed by atoms with van der Waals surface area (Å²) in [5.41, 5.74) is 1.11. The van der Waals surface area contributed by atoms with E-state index in [1.807, 2.05) is 36.0 Å². The van der Waals surface area contributed by atoms with Crippen LogP contribution in [-0.2, 0) is 17.0 Å². The van der Waals surface area contributed by atoms with Crippen LogP contribution >= 0.6 is 39.0 Å². The van der Waals surface area contributed by atoms with Crippen LogP contribution in [-0.4, -0.2) is 24.3 Å². The molecule has 1 aromatic carbocycles. The van der Waals surface area contributed by atoms with Crippen molar-refractivity contribution in [2.75, 3.05) is 12.3 Å². The fourth-order valence-electron chi connectivity index (χ4n) is 2.29. The maximum Gasteiger partial charge on any atom is 0.261 e. The quantitative estimate of drug-likeness (QED) is 0.751. The van der Waals surface area contributed by atoms with Gasteiger partial charge in [0, 0.05) is 29.3 Å². The number of halogens is 1. The van der Waals surface area contributed by atoms with Crippen molar-refractivity contribution < 1.29 is 9.53 Å². The third kappa shape index (κ3) is 4.06. The van der Waals surface area contributed by atoms with E-state index in [-0.39, 0.29) is 12.0 Å². The summed E-state index contributed by atoms with van der Waals surface area (Å²) in [6.45, 7) is 0.673. The lowest BCUT2D eigenvalue weighted by Crippen LogP contribution is -2.38. The van der Waals surface area contributed by atoms with Gasteiger partial charge in [0.05, 0.1) is 3.79 Å². The molecule has 1 aliphatic heterocycles. The maximum absolute atomic E-state index is 12.1.